The molecule has 0 bridgehead atoms. The maximum atomic E-state index is 12.3. The van der Waals surface area contributed by atoms with Gasteiger partial charge in [0.05, 0.1) is 11.1 Å². The number of rotatable bonds is 4. The molecule has 2 aromatic carbocycles. The number of nitrogens with one attached hydrogen (secondary N) is 1. The van der Waals surface area contributed by atoms with E-state index < -0.39 is 17.9 Å². The number of aryl methyl sites for hydroxylation is 1. The van der Waals surface area contributed by atoms with Gasteiger partial charge >= 0.3 is 6.10 Å². The summed E-state index contributed by atoms with van der Waals surface area (Å²) in [6.07, 6.45) is -3.41. The van der Waals surface area contributed by atoms with Crippen molar-refractivity contribution in [3.8, 4) is 11.1 Å². The van der Waals surface area contributed by atoms with Gasteiger partial charge in [0.15, 0.2) is 0 Å². The van der Waals surface area contributed by atoms with Crippen LogP contribution in [0.15, 0.2) is 42.5 Å². The zero-order valence-corrected chi connectivity index (χ0v) is 12.3. The molecule has 0 heterocycles. The van der Waals surface area contributed by atoms with E-state index in [1.54, 1.807) is 54.7 Å². The quantitative estimate of drug-likeness (QED) is 0.509. The molecule has 0 saturated heterocycles. The van der Waals surface area contributed by atoms with E-state index in [-0.39, 0.29) is 11.1 Å². The molecule has 7 heteroatoms. The van der Waals surface area contributed by atoms with E-state index >= 15 is 0 Å². The fraction of sp³-hybridized carbons (Fsp3) is 0.125. The van der Waals surface area contributed by atoms with E-state index in [1.807, 2.05) is 0 Å². The summed E-state index contributed by atoms with van der Waals surface area (Å²) in [4.78, 5) is 24.1. The van der Waals surface area contributed by atoms with E-state index in [1.165, 1.54) is 0 Å². The van der Waals surface area contributed by atoms with Crippen molar-refractivity contribution in [2.24, 2.45) is 5.73 Å². The summed E-state index contributed by atoms with van der Waals surface area (Å²) in [5.74, 6) is -1.89. The lowest BCUT2D eigenvalue weighted by Gasteiger charge is -2.19. The monoisotopic (exact) mass is 316 g/mol. The molecule has 0 aliphatic rings. The van der Waals surface area contributed by atoms with Crippen molar-refractivity contribution >= 4 is 11.8 Å². The number of carbonyl (C=O) groups is 2. The fourth-order valence-corrected chi connectivity index (χ4v) is 2.33. The lowest BCUT2D eigenvalue weighted by Crippen LogP contribution is -2.48. The second kappa shape index (κ2) is 6.17. The van der Waals surface area contributed by atoms with Gasteiger partial charge in [0, 0.05) is 0 Å². The van der Waals surface area contributed by atoms with Crippen LogP contribution in [0.4, 0.5) is 0 Å². The van der Waals surface area contributed by atoms with Gasteiger partial charge in [0.25, 0.3) is 5.91 Å². The molecule has 0 atom stereocenters. The van der Waals surface area contributed by atoms with Gasteiger partial charge in [-0.1, -0.05) is 42.5 Å². The molecule has 0 saturated carbocycles. The van der Waals surface area contributed by atoms with Crippen molar-refractivity contribution < 1.29 is 24.9 Å². The zero-order valence-electron chi connectivity index (χ0n) is 12.3. The highest BCUT2D eigenvalue weighted by Crippen LogP contribution is 2.28. The Morgan fingerprint density at radius 3 is 2.13 bits per heavy atom. The predicted octanol–water partition coefficient (Wildman–Crippen LogP) is 0.0789. The lowest BCUT2D eigenvalue weighted by atomic mass is 9.91. The Labute approximate surface area is 132 Å². The van der Waals surface area contributed by atoms with Crippen LogP contribution in [-0.2, 0) is 0 Å². The Hall–Kier alpha value is -2.74. The molecular formula is C16H16N2O5. The Morgan fingerprint density at radius 1 is 1.00 bits per heavy atom. The first kappa shape index (κ1) is 16.6. The number of aliphatic hydroxyl groups is 3. The van der Waals surface area contributed by atoms with E-state index in [2.05, 4.69) is 0 Å². The van der Waals surface area contributed by atoms with E-state index in [0.29, 0.717) is 16.7 Å². The normalized spacial score (nSPS) is 11.1. The largest absolute Gasteiger partial charge is 0.369 e. The molecule has 120 valence electrons. The summed E-state index contributed by atoms with van der Waals surface area (Å²) in [6.45, 7) is 1.59. The molecule has 0 aliphatic carbocycles. The van der Waals surface area contributed by atoms with Crippen LogP contribution in [0.25, 0.3) is 11.1 Å². The van der Waals surface area contributed by atoms with Gasteiger partial charge in [-0.15, -0.1) is 0 Å². The molecule has 23 heavy (non-hydrogen) atoms. The highest BCUT2D eigenvalue weighted by molar-refractivity contribution is 6.11. The van der Waals surface area contributed by atoms with Crippen molar-refractivity contribution in [1.29, 1.82) is 0 Å². The third-order valence-corrected chi connectivity index (χ3v) is 3.25. The van der Waals surface area contributed by atoms with Gasteiger partial charge in [-0.3, -0.25) is 14.9 Å². The Bertz CT molecular complexity index is 751. The second-order valence-corrected chi connectivity index (χ2v) is 5.00. The smallest absolute Gasteiger partial charge is 0.366 e. The molecule has 2 rings (SSSR count). The highest BCUT2D eigenvalue weighted by Gasteiger charge is 2.28. The molecule has 0 radical (unpaired) electrons. The number of benzene rings is 2. The van der Waals surface area contributed by atoms with Crippen molar-refractivity contribution in [2.75, 3.05) is 0 Å². The summed E-state index contributed by atoms with van der Waals surface area (Å²) in [5, 5.41) is 28.5. The van der Waals surface area contributed by atoms with Gasteiger partial charge in [-0.2, -0.15) is 0 Å². The number of nitrogens with two attached hydrogens (primary N) is 1. The minimum atomic E-state index is -3.41. The zero-order chi connectivity index (χ0) is 17.2. The third kappa shape index (κ3) is 3.72. The van der Waals surface area contributed by atoms with Crippen LogP contribution in [0.5, 0.6) is 0 Å². The predicted molar refractivity (Wildman–Crippen MR) is 82.0 cm³/mol. The first-order valence-corrected chi connectivity index (χ1v) is 6.69. The third-order valence-electron chi connectivity index (χ3n) is 3.25. The van der Waals surface area contributed by atoms with Crippen LogP contribution in [-0.4, -0.2) is 33.2 Å². The molecule has 2 amide bonds. The lowest BCUT2D eigenvalue weighted by molar-refractivity contribution is -0.323. The minimum absolute atomic E-state index is 0.0619. The van der Waals surface area contributed by atoms with Gasteiger partial charge in [-0.25, -0.2) is 0 Å². The molecule has 0 fully saturated rings. The minimum Gasteiger partial charge on any atom is -0.366 e. The number of hydrogen-bond donors (Lipinski definition) is 5. The molecule has 0 aliphatic heterocycles. The number of hydrogen-bond acceptors (Lipinski definition) is 5. The Balaban J connectivity index is 2.71. The molecule has 0 aromatic heterocycles. The highest BCUT2D eigenvalue weighted by atomic mass is 16.7. The van der Waals surface area contributed by atoms with Crippen LogP contribution in [0.2, 0.25) is 0 Å². The number of amides is 2. The topological polar surface area (TPSA) is 133 Å². The Kier molecular flexibility index (Phi) is 4.46. The second-order valence-electron chi connectivity index (χ2n) is 5.00. The first-order chi connectivity index (χ1) is 10.7. The summed E-state index contributed by atoms with van der Waals surface area (Å²) in [6, 6.07) is 12.0. The SMILES string of the molecule is Cc1ccc(-c2ccccc2)c(C(=O)NC(O)(O)O)c1C(N)=O. The van der Waals surface area contributed by atoms with Crippen LogP contribution in [0, 0.1) is 6.92 Å². The van der Waals surface area contributed by atoms with Crippen LogP contribution in [0.3, 0.4) is 0 Å². The summed E-state index contributed by atoms with van der Waals surface area (Å²) in [5.41, 5.74) is 6.59. The van der Waals surface area contributed by atoms with Crippen molar-refractivity contribution in [3.63, 3.8) is 0 Å². The number of carbonyl (C=O) groups excluding carboxylic acids is 2. The summed E-state index contributed by atoms with van der Waals surface area (Å²) < 4.78 is 0. The van der Waals surface area contributed by atoms with E-state index in [4.69, 9.17) is 21.1 Å². The van der Waals surface area contributed by atoms with Crippen LogP contribution in [0.1, 0.15) is 26.3 Å². The molecular weight excluding hydrogens is 300 g/mol. The van der Waals surface area contributed by atoms with Gasteiger partial charge in [0.2, 0.25) is 5.91 Å². The maximum absolute atomic E-state index is 12.3. The first-order valence-electron chi connectivity index (χ1n) is 6.69. The summed E-state index contributed by atoms with van der Waals surface area (Å²) in [7, 11) is 0. The Morgan fingerprint density at radius 2 is 1.61 bits per heavy atom. The average Bonchev–Trinajstić information content (AvgIpc) is 2.45. The van der Waals surface area contributed by atoms with Gasteiger partial charge in [0.1, 0.15) is 0 Å². The van der Waals surface area contributed by atoms with Crippen LogP contribution < -0.4 is 11.1 Å². The molecule has 7 nitrogen and oxygen atoms in total. The standard InChI is InChI=1S/C16H16N2O5/c1-9-7-8-11(10-5-3-2-4-6-10)13(12(9)14(17)19)15(20)18-16(21,22)23/h2-8,21-23H,1H3,(H2,17,19)(H,18,20). The summed E-state index contributed by atoms with van der Waals surface area (Å²) >= 11 is 0. The van der Waals surface area contributed by atoms with Crippen molar-refractivity contribution in [3.05, 3.63) is 59.2 Å². The van der Waals surface area contributed by atoms with Crippen molar-refractivity contribution in [1.82, 2.24) is 5.32 Å². The molecule has 2 aromatic rings. The van der Waals surface area contributed by atoms with Crippen molar-refractivity contribution in [2.45, 2.75) is 13.0 Å². The molecule has 0 unspecified atom stereocenters. The average molecular weight is 316 g/mol. The maximum Gasteiger partial charge on any atom is 0.369 e. The molecule has 6 N–H and O–H groups in total. The van der Waals surface area contributed by atoms with E-state index in [0.717, 1.165) is 0 Å². The fourth-order valence-electron chi connectivity index (χ4n) is 2.33. The van der Waals surface area contributed by atoms with Gasteiger partial charge < -0.3 is 21.1 Å². The van der Waals surface area contributed by atoms with Gasteiger partial charge in [-0.05, 0) is 23.6 Å². The molecule has 0 spiro atoms. The van der Waals surface area contributed by atoms with Crippen LogP contribution >= 0.6 is 0 Å². The van der Waals surface area contributed by atoms with E-state index in [9.17, 15) is 9.59 Å². The number of primary amides is 1.